The summed E-state index contributed by atoms with van der Waals surface area (Å²) in [6.07, 6.45) is 0.142. The fourth-order valence-corrected chi connectivity index (χ4v) is 6.27. The number of hydrogen-bond acceptors (Lipinski definition) is 8. The first-order valence-corrected chi connectivity index (χ1v) is 14.2. The standard InChI is InChI=1S/C26H26N4O4S3/c1-26(2,3)34-25(33)30-10-9-18-19(13-27)24(37-21(18)14-30)29-22(31)15-36-17-7-4-6-16(12-17)28-23(32)20-8-5-11-35-20/h4-8,11-12H,9-10,14-15H2,1-3H3,(H,28,32)(H,29,31). The van der Waals surface area contributed by atoms with Crippen molar-refractivity contribution >= 4 is 63.0 Å². The van der Waals surface area contributed by atoms with Gasteiger partial charge in [0, 0.05) is 22.0 Å². The number of carbonyl (C=O) groups is 3. The van der Waals surface area contributed by atoms with E-state index in [-0.39, 0.29) is 23.7 Å². The minimum atomic E-state index is -0.587. The van der Waals surface area contributed by atoms with Crippen LogP contribution in [0, 0.1) is 11.3 Å². The molecule has 0 fully saturated rings. The van der Waals surface area contributed by atoms with Crippen molar-refractivity contribution in [3.63, 3.8) is 0 Å². The second kappa shape index (κ2) is 11.4. The van der Waals surface area contributed by atoms with Gasteiger partial charge in [0.1, 0.15) is 16.7 Å². The number of rotatable bonds is 6. The Balaban J connectivity index is 1.36. The van der Waals surface area contributed by atoms with Gasteiger partial charge >= 0.3 is 6.09 Å². The number of thioether (sulfide) groups is 1. The quantitative estimate of drug-likeness (QED) is 0.364. The average molecular weight is 555 g/mol. The maximum absolute atomic E-state index is 12.7. The molecule has 8 nitrogen and oxygen atoms in total. The first-order valence-electron chi connectivity index (χ1n) is 11.5. The highest BCUT2D eigenvalue weighted by molar-refractivity contribution is 8.00. The van der Waals surface area contributed by atoms with E-state index in [1.54, 1.807) is 17.0 Å². The molecule has 0 bridgehead atoms. The third-order valence-electron chi connectivity index (χ3n) is 5.28. The molecule has 0 atom stereocenters. The van der Waals surface area contributed by atoms with E-state index >= 15 is 0 Å². The number of fused-ring (bicyclic) bond motifs is 1. The summed E-state index contributed by atoms with van der Waals surface area (Å²) in [5.41, 5.74) is 1.40. The number of hydrogen-bond donors (Lipinski definition) is 2. The van der Waals surface area contributed by atoms with Gasteiger partial charge in [0.25, 0.3) is 5.91 Å². The Morgan fingerprint density at radius 2 is 2.00 bits per heavy atom. The van der Waals surface area contributed by atoms with Gasteiger partial charge in [-0.25, -0.2) is 4.79 Å². The molecule has 11 heteroatoms. The number of anilines is 2. The molecule has 3 amide bonds. The molecule has 1 aliphatic heterocycles. The van der Waals surface area contributed by atoms with Gasteiger partial charge < -0.3 is 20.3 Å². The molecule has 37 heavy (non-hydrogen) atoms. The van der Waals surface area contributed by atoms with Gasteiger partial charge in [-0.2, -0.15) is 5.26 Å². The lowest BCUT2D eigenvalue weighted by molar-refractivity contribution is -0.113. The molecule has 1 aromatic carbocycles. The highest BCUT2D eigenvalue weighted by Crippen LogP contribution is 2.37. The van der Waals surface area contributed by atoms with Crippen molar-refractivity contribution in [2.75, 3.05) is 22.9 Å². The fourth-order valence-electron chi connectivity index (χ4n) is 3.67. The lowest BCUT2D eigenvalue weighted by atomic mass is 10.0. The third kappa shape index (κ3) is 6.91. The maximum Gasteiger partial charge on any atom is 0.410 e. The summed E-state index contributed by atoms with van der Waals surface area (Å²) < 4.78 is 5.47. The van der Waals surface area contributed by atoms with Gasteiger partial charge in [-0.1, -0.05) is 12.1 Å². The smallest absolute Gasteiger partial charge is 0.410 e. The zero-order valence-corrected chi connectivity index (χ0v) is 23.1. The number of ether oxygens (including phenoxy) is 1. The Morgan fingerprint density at radius 3 is 2.70 bits per heavy atom. The van der Waals surface area contributed by atoms with Crippen molar-refractivity contribution in [1.82, 2.24) is 4.90 Å². The van der Waals surface area contributed by atoms with Crippen LogP contribution in [0.4, 0.5) is 15.5 Å². The second-order valence-electron chi connectivity index (χ2n) is 9.27. The van der Waals surface area contributed by atoms with E-state index < -0.39 is 5.60 Å². The van der Waals surface area contributed by atoms with Crippen molar-refractivity contribution in [2.45, 2.75) is 44.2 Å². The molecule has 0 saturated carbocycles. The van der Waals surface area contributed by atoms with Crippen molar-refractivity contribution < 1.29 is 19.1 Å². The largest absolute Gasteiger partial charge is 0.444 e. The van der Waals surface area contributed by atoms with E-state index in [1.807, 2.05) is 50.4 Å². The van der Waals surface area contributed by atoms with E-state index in [1.165, 1.54) is 34.4 Å². The van der Waals surface area contributed by atoms with Crippen LogP contribution in [0.15, 0.2) is 46.7 Å². The van der Waals surface area contributed by atoms with Gasteiger partial charge in [0.15, 0.2) is 0 Å². The van der Waals surface area contributed by atoms with Crippen LogP contribution in [0.3, 0.4) is 0 Å². The summed E-state index contributed by atoms with van der Waals surface area (Å²) in [4.78, 5) is 41.5. The molecular weight excluding hydrogens is 529 g/mol. The summed E-state index contributed by atoms with van der Waals surface area (Å²) in [5, 5.41) is 17.8. The molecule has 0 spiro atoms. The van der Waals surface area contributed by atoms with Crippen LogP contribution in [0.5, 0.6) is 0 Å². The van der Waals surface area contributed by atoms with Crippen LogP contribution in [-0.4, -0.2) is 40.7 Å². The average Bonchev–Trinajstić information content (AvgIpc) is 3.49. The van der Waals surface area contributed by atoms with E-state index in [2.05, 4.69) is 16.7 Å². The summed E-state index contributed by atoms with van der Waals surface area (Å²) in [6.45, 7) is 6.26. The van der Waals surface area contributed by atoms with Crippen LogP contribution in [0.1, 0.15) is 46.4 Å². The molecule has 3 heterocycles. The Hall–Kier alpha value is -3.33. The van der Waals surface area contributed by atoms with Crippen LogP contribution in [-0.2, 0) is 22.5 Å². The first-order chi connectivity index (χ1) is 17.6. The molecule has 2 aromatic heterocycles. The van der Waals surface area contributed by atoms with Gasteiger partial charge in [0.05, 0.1) is 22.7 Å². The molecule has 3 aromatic rings. The summed E-state index contributed by atoms with van der Waals surface area (Å²) in [7, 11) is 0. The Morgan fingerprint density at radius 1 is 1.19 bits per heavy atom. The highest BCUT2D eigenvalue weighted by Gasteiger charge is 2.30. The Kier molecular flexibility index (Phi) is 8.22. The maximum atomic E-state index is 12.7. The van der Waals surface area contributed by atoms with Crippen LogP contribution < -0.4 is 10.6 Å². The van der Waals surface area contributed by atoms with E-state index in [9.17, 15) is 19.6 Å². The number of benzene rings is 1. The number of thiophene rings is 2. The molecule has 2 N–H and O–H groups in total. The van der Waals surface area contributed by atoms with E-state index in [0.29, 0.717) is 40.6 Å². The minimum absolute atomic E-state index is 0.139. The molecule has 1 aliphatic rings. The molecule has 4 rings (SSSR count). The summed E-state index contributed by atoms with van der Waals surface area (Å²) >= 11 is 4.03. The Bertz CT molecular complexity index is 1350. The van der Waals surface area contributed by atoms with E-state index in [4.69, 9.17) is 4.74 Å². The van der Waals surface area contributed by atoms with Crippen LogP contribution >= 0.6 is 34.4 Å². The van der Waals surface area contributed by atoms with Gasteiger partial charge in [-0.15, -0.1) is 34.4 Å². The second-order valence-corrected chi connectivity index (χ2v) is 12.4. The van der Waals surface area contributed by atoms with Gasteiger partial charge in [-0.05, 0) is 62.4 Å². The fraction of sp³-hybridized carbons (Fsp3) is 0.308. The predicted octanol–water partition coefficient (Wildman–Crippen LogP) is 5.96. The van der Waals surface area contributed by atoms with Crippen LogP contribution in [0.2, 0.25) is 0 Å². The molecule has 0 aliphatic carbocycles. The van der Waals surface area contributed by atoms with Crippen molar-refractivity contribution in [3.05, 3.63) is 62.7 Å². The summed E-state index contributed by atoms with van der Waals surface area (Å²) in [6, 6.07) is 13.1. The topological polar surface area (TPSA) is 112 Å². The van der Waals surface area contributed by atoms with Crippen molar-refractivity contribution in [1.29, 1.82) is 5.26 Å². The van der Waals surface area contributed by atoms with Crippen LogP contribution in [0.25, 0.3) is 0 Å². The number of nitrogens with one attached hydrogen (secondary N) is 2. The molecular formula is C26H26N4O4S3. The van der Waals surface area contributed by atoms with Gasteiger partial charge in [0.2, 0.25) is 5.91 Å². The highest BCUT2D eigenvalue weighted by atomic mass is 32.2. The first kappa shape index (κ1) is 26.7. The SMILES string of the molecule is CC(C)(C)OC(=O)N1CCc2c(sc(NC(=O)CSc3cccc(NC(=O)c4cccs4)c3)c2C#N)C1. The van der Waals surface area contributed by atoms with Crippen molar-refractivity contribution in [3.8, 4) is 6.07 Å². The normalized spacial score (nSPS) is 12.9. The zero-order chi connectivity index (χ0) is 26.6. The minimum Gasteiger partial charge on any atom is -0.444 e. The molecule has 0 saturated heterocycles. The molecule has 0 radical (unpaired) electrons. The molecule has 192 valence electrons. The molecule has 0 unspecified atom stereocenters. The van der Waals surface area contributed by atoms with Crippen molar-refractivity contribution in [2.24, 2.45) is 0 Å². The number of nitriles is 1. The Labute approximate surface area is 227 Å². The number of carbonyl (C=O) groups excluding carboxylic acids is 3. The predicted molar refractivity (Wildman–Crippen MR) is 147 cm³/mol. The number of amides is 3. The lowest BCUT2D eigenvalue weighted by Gasteiger charge is -2.29. The lowest BCUT2D eigenvalue weighted by Crippen LogP contribution is -2.39. The monoisotopic (exact) mass is 554 g/mol. The van der Waals surface area contributed by atoms with Gasteiger partial charge in [-0.3, -0.25) is 9.59 Å². The van der Waals surface area contributed by atoms with E-state index in [0.717, 1.165) is 15.3 Å². The zero-order valence-electron chi connectivity index (χ0n) is 20.6. The third-order valence-corrected chi connectivity index (χ3v) is 8.27. The number of nitrogens with zero attached hydrogens (tertiary/aromatic N) is 2. The summed E-state index contributed by atoms with van der Waals surface area (Å²) in [5.74, 6) is -0.275.